The molecule has 0 aliphatic heterocycles. The number of methoxy groups -OCH3 is 1. The molecule has 5 nitrogen and oxygen atoms in total. The Balaban J connectivity index is 1.99. The van der Waals surface area contributed by atoms with Crippen LogP contribution in [0.1, 0.15) is 21.5 Å². The lowest BCUT2D eigenvalue weighted by molar-refractivity contribution is 0.0950. The lowest BCUT2D eigenvalue weighted by Crippen LogP contribution is -2.23. The van der Waals surface area contributed by atoms with E-state index in [1.807, 2.05) is 31.2 Å². The summed E-state index contributed by atoms with van der Waals surface area (Å²) in [5.41, 5.74) is 2.65. The smallest absolute Gasteiger partial charge is 0.316 e. The molecule has 0 radical (unpaired) electrons. The Bertz CT molecular complexity index is 567. The molecule has 98 valence electrons. The molecule has 0 aliphatic carbocycles. The maximum atomic E-state index is 11.9. The molecule has 0 fully saturated rings. The number of aromatic nitrogens is 2. The highest BCUT2D eigenvalue weighted by Crippen LogP contribution is 2.07. The summed E-state index contributed by atoms with van der Waals surface area (Å²) in [6.07, 6.45) is 2.89. The first-order valence-electron chi connectivity index (χ1n) is 5.89. The molecule has 0 aliphatic rings. The fraction of sp³-hybridized carbons (Fsp3) is 0.214. The third-order valence-corrected chi connectivity index (χ3v) is 2.77. The van der Waals surface area contributed by atoms with Crippen molar-refractivity contribution in [3.05, 3.63) is 53.3 Å². The zero-order chi connectivity index (χ0) is 13.7. The van der Waals surface area contributed by atoms with Crippen molar-refractivity contribution in [2.45, 2.75) is 13.5 Å². The second-order valence-corrected chi connectivity index (χ2v) is 4.07. The summed E-state index contributed by atoms with van der Waals surface area (Å²) >= 11 is 0. The summed E-state index contributed by atoms with van der Waals surface area (Å²) in [5, 5.41) is 2.83. The average molecular weight is 257 g/mol. The van der Waals surface area contributed by atoms with Crippen molar-refractivity contribution in [3.63, 3.8) is 0 Å². The third kappa shape index (κ3) is 3.28. The summed E-state index contributed by atoms with van der Waals surface area (Å²) in [6, 6.07) is 8.16. The van der Waals surface area contributed by atoms with Gasteiger partial charge >= 0.3 is 6.01 Å². The number of amides is 1. The van der Waals surface area contributed by atoms with Crippen LogP contribution in [0.4, 0.5) is 0 Å². The number of nitrogens with zero attached hydrogens (tertiary/aromatic N) is 2. The molecule has 5 heteroatoms. The molecule has 19 heavy (non-hydrogen) atoms. The summed E-state index contributed by atoms with van der Waals surface area (Å²) in [5.74, 6) is -0.203. The van der Waals surface area contributed by atoms with Gasteiger partial charge in [0, 0.05) is 18.9 Å². The Morgan fingerprint density at radius 3 is 2.58 bits per heavy atom. The summed E-state index contributed by atoms with van der Waals surface area (Å²) < 4.78 is 4.84. The molecule has 1 amide bonds. The minimum absolute atomic E-state index is 0.203. The lowest BCUT2D eigenvalue weighted by Gasteiger charge is -2.07. The van der Waals surface area contributed by atoms with Crippen LogP contribution in [0, 0.1) is 6.92 Å². The van der Waals surface area contributed by atoms with Crippen molar-refractivity contribution < 1.29 is 9.53 Å². The molecule has 0 bridgehead atoms. The molecule has 2 rings (SSSR count). The minimum Gasteiger partial charge on any atom is -0.467 e. The molecule has 0 saturated carbocycles. The first-order chi connectivity index (χ1) is 9.20. The van der Waals surface area contributed by atoms with Gasteiger partial charge in [-0.3, -0.25) is 4.79 Å². The molecular weight excluding hydrogens is 242 g/mol. The van der Waals surface area contributed by atoms with E-state index in [4.69, 9.17) is 4.74 Å². The standard InChI is InChI=1S/C14H15N3O2/c1-10-5-3-4-6-11(10)7-15-13(18)12-8-16-14(19-2)17-9-12/h3-6,8-9H,7H2,1-2H3,(H,15,18). The van der Waals surface area contributed by atoms with Crippen LogP contribution < -0.4 is 10.1 Å². The van der Waals surface area contributed by atoms with E-state index in [-0.39, 0.29) is 11.9 Å². The van der Waals surface area contributed by atoms with E-state index in [1.165, 1.54) is 19.5 Å². The van der Waals surface area contributed by atoms with Gasteiger partial charge < -0.3 is 10.1 Å². The molecule has 1 aromatic carbocycles. The largest absolute Gasteiger partial charge is 0.467 e. The van der Waals surface area contributed by atoms with E-state index in [2.05, 4.69) is 15.3 Å². The van der Waals surface area contributed by atoms with Gasteiger partial charge in [-0.25, -0.2) is 9.97 Å². The van der Waals surface area contributed by atoms with Gasteiger partial charge in [-0.05, 0) is 18.1 Å². The van der Waals surface area contributed by atoms with Crippen molar-refractivity contribution in [1.82, 2.24) is 15.3 Å². The monoisotopic (exact) mass is 257 g/mol. The average Bonchev–Trinajstić information content (AvgIpc) is 2.46. The van der Waals surface area contributed by atoms with Crippen molar-refractivity contribution in [2.24, 2.45) is 0 Å². The second kappa shape index (κ2) is 5.95. The molecule has 2 aromatic rings. The first-order valence-corrected chi connectivity index (χ1v) is 5.89. The number of carbonyl (C=O) groups excluding carboxylic acids is 1. The van der Waals surface area contributed by atoms with E-state index in [0.717, 1.165) is 11.1 Å². The van der Waals surface area contributed by atoms with Gasteiger partial charge in [-0.1, -0.05) is 24.3 Å². The molecule has 0 saturated heterocycles. The van der Waals surface area contributed by atoms with Crippen LogP contribution in [0.15, 0.2) is 36.7 Å². The quantitative estimate of drug-likeness (QED) is 0.905. The Morgan fingerprint density at radius 2 is 1.95 bits per heavy atom. The van der Waals surface area contributed by atoms with E-state index in [9.17, 15) is 4.79 Å². The number of rotatable bonds is 4. The number of hydrogen-bond donors (Lipinski definition) is 1. The maximum absolute atomic E-state index is 11.9. The van der Waals surface area contributed by atoms with Crippen molar-refractivity contribution in [3.8, 4) is 6.01 Å². The SMILES string of the molecule is COc1ncc(C(=O)NCc2ccccc2C)cn1. The van der Waals surface area contributed by atoms with Crippen LogP contribution in [0.5, 0.6) is 6.01 Å². The van der Waals surface area contributed by atoms with Crippen LogP contribution in [0.2, 0.25) is 0 Å². The van der Waals surface area contributed by atoms with Gasteiger partial charge in [0.15, 0.2) is 0 Å². The molecule has 0 unspecified atom stereocenters. The van der Waals surface area contributed by atoms with Crippen LogP contribution in [-0.4, -0.2) is 23.0 Å². The topological polar surface area (TPSA) is 64.1 Å². The number of hydrogen-bond acceptors (Lipinski definition) is 4. The fourth-order valence-electron chi connectivity index (χ4n) is 1.62. The Hall–Kier alpha value is -2.43. The first kappa shape index (κ1) is 13.0. The zero-order valence-electron chi connectivity index (χ0n) is 10.9. The van der Waals surface area contributed by atoms with Crippen LogP contribution in [0.3, 0.4) is 0 Å². The Labute approximate surface area is 111 Å². The molecular formula is C14H15N3O2. The normalized spacial score (nSPS) is 10.0. The summed E-state index contributed by atoms with van der Waals surface area (Å²) in [7, 11) is 1.48. The highest BCUT2D eigenvalue weighted by atomic mass is 16.5. The third-order valence-electron chi connectivity index (χ3n) is 2.77. The summed E-state index contributed by atoms with van der Waals surface area (Å²) in [6.45, 7) is 2.50. The van der Waals surface area contributed by atoms with Crippen molar-refractivity contribution in [2.75, 3.05) is 7.11 Å². The van der Waals surface area contributed by atoms with Crippen LogP contribution in [0.25, 0.3) is 0 Å². The van der Waals surface area contributed by atoms with E-state index < -0.39 is 0 Å². The van der Waals surface area contributed by atoms with Gasteiger partial charge in [0.2, 0.25) is 0 Å². The number of carbonyl (C=O) groups is 1. The van der Waals surface area contributed by atoms with E-state index in [1.54, 1.807) is 0 Å². The van der Waals surface area contributed by atoms with Crippen LogP contribution in [-0.2, 0) is 6.54 Å². The molecule has 0 spiro atoms. The molecule has 1 aromatic heterocycles. The van der Waals surface area contributed by atoms with Gasteiger partial charge in [0.05, 0.1) is 12.7 Å². The predicted octanol–water partition coefficient (Wildman–Crippen LogP) is 1.72. The lowest BCUT2D eigenvalue weighted by atomic mass is 10.1. The molecule has 0 atom stereocenters. The van der Waals surface area contributed by atoms with Gasteiger partial charge in [0.25, 0.3) is 5.91 Å². The maximum Gasteiger partial charge on any atom is 0.316 e. The number of benzene rings is 1. The highest BCUT2D eigenvalue weighted by Gasteiger charge is 2.07. The minimum atomic E-state index is -0.203. The zero-order valence-corrected chi connectivity index (χ0v) is 10.9. The predicted molar refractivity (Wildman–Crippen MR) is 70.9 cm³/mol. The van der Waals surface area contributed by atoms with Gasteiger partial charge in [0.1, 0.15) is 0 Å². The Morgan fingerprint density at radius 1 is 1.26 bits per heavy atom. The number of nitrogens with one attached hydrogen (secondary N) is 1. The van der Waals surface area contributed by atoms with Crippen molar-refractivity contribution in [1.29, 1.82) is 0 Å². The van der Waals surface area contributed by atoms with E-state index >= 15 is 0 Å². The number of ether oxygens (including phenoxy) is 1. The van der Waals surface area contributed by atoms with Crippen LogP contribution >= 0.6 is 0 Å². The van der Waals surface area contributed by atoms with E-state index in [0.29, 0.717) is 12.1 Å². The van der Waals surface area contributed by atoms with Gasteiger partial charge in [-0.2, -0.15) is 0 Å². The van der Waals surface area contributed by atoms with Gasteiger partial charge in [-0.15, -0.1) is 0 Å². The summed E-state index contributed by atoms with van der Waals surface area (Å²) in [4.78, 5) is 19.7. The second-order valence-electron chi connectivity index (χ2n) is 4.07. The number of aryl methyl sites for hydroxylation is 1. The molecule has 1 heterocycles. The molecule has 1 N–H and O–H groups in total. The fourth-order valence-corrected chi connectivity index (χ4v) is 1.62. The highest BCUT2D eigenvalue weighted by molar-refractivity contribution is 5.93. The Kier molecular flexibility index (Phi) is 4.07. The van der Waals surface area contributed by atoms with Crippen molar-refractivity contribution >= 4 is 5.91 Å².